The molecule has 0 saturated carbocycles. The molecule has 4 nitrogen and oxygen atoms in total. The summed E-state index contributed by atoms with van der Waals surface area (Å²) in [6, 6.07) is 9.24. The zero-order valence-corrected chi connectivity index (χ0v) is 15.7. The summed E-state index contributed by atoms with van der Waals surface area (Å²) in [5.74, 6) is 0.483. The molecule has 2 aromatic rings. The molecule has 2 rings (SSSR count). The van der Waals surface area contributed by atoms with E-state index in [9.17, 15) is 9.59 Å². The van der Waals surface area contributed by atoms with E-state index < -0.39 is 0 Å². The van der Waals surface area contributed by atoms with Crippen molar-refractivity contribution in [2.24, 2.45) is 0 Å². The maximum Gasteiger partial charge on any atom is 0.243 e. The molecule has 0 saturated heterocycles. The van der Waals surface area contributed by atoms with Crippen molar-refractivity contribution in [3.05, 3.63) is 52.4 Å². The van der Waals surface area contributed by atoms with Crippen LogP contribution in [0.2, 0.25) is 5.02 Å². The molecule has 0 bridgehead atoms. The van der Waals surface area contributed by atoms with Gasteiger partial charge in [-0.05, 0) is 55.3 Å². The molecule has 1 N–H and O–H groups in total. The van der Waals surface area contributed by atoms with Gasteiger partial charge in [0.15, 0.2) is 5.78 Å². The Kier molecular flexibility index (Phi) is 7.22. The van der Waals surface area contributed by atoms with Crippen LogP contribution in [-0.4, -0.2) is 24.8 Å². The molecule has 0 aliphatic carbocycles. The SMILES string of the molecule is CCC=CC(=O)NCCOc1ccc(-c2ccc(C(C)=O)s2)cc1Cl. The van der Waals surface area contributed by atoms with Gasteiger partial charge in [0.05, 0.1) is 16.4 Å². The average molecular weight is 378 g/mol. The zero-order valence-electron chi connectivity index (χ0n) is 14.2. The Bertz CT molecular complexity index is 783. The summed E-state index contributed by atoms with van der Waals surface area (Å²) in [6.45, 7) is 4.25. The molecule has 1 aromatic heterocycles. The number of carbonyl (C=O) groups excluding carboxylic acids is 2. The number of nitrogens with one attached hydrogen (secondary N) is 1. The second-order valence-corrected chi connectivity index (χ2v) is 6.81. The lowest BCUT2D eigenvalue weighted by atomic mass is 10.2. The van der Waals surface area contributed by atoms with Crippen molar-refractivity contribution >= 4 is 34.6 Å². The second kappa shape index (κ2) is 9.39. The van der Waals surface area contributed by atoms with Gasteiger partial charge in [-0.15, -0.1) is 11.3 Å². The lowest BCUT2D eigenvalue weighted by Gasteiger charge is -2.09. The number of carbonyl (C=O) groups is 2. The third-order valence-electron chi connectivity index (χ3n) is 3.33. The van der Waals surface area contributed by atoms with E-state index in [1.807, 2.05) is 31.2 Å². The molecule has 0 spiro atoms. The van der Waals surface area contributed by atoms with Gasteiger partial charge in [-0.2, -0.15) is 0 Å². The van der Waals surface area contributed by atoms with Crippen LogP contribution in [0.4, 0.5) is 0 Å². The first-order valence-electron chi connectivity index (χ1n) is 7.99. The van der Waals surface area contributed by atoms with Crippen molar-refractivity contribution in [2.45, 2.75) is 20.3 Å². The highest BCUT2D eigenvalue weighted by Crippen LogP contribution is 2.34. The number of thiophene rings is 1. The van der Waals surface area contributed by atoms with E-state index in [-0.39, 0.29) is 11.7 Å². The maximum atomic E-state index is 11.4. The van der Waals surface area contributed by atoms with Gasteiger partial charge >= 0.3 is 0 Å². The van der Waals surface area contributed by atoms with Crippen LogP contribution >= 0.6 is 22.9 Å². The molecule has 0 aliphatic heterocycles. The van der Waals surface area contributed by atoms with Crippen molar-refractivity contribution in [1.82, 2.24) is 5.32 Å². The van der Waals surface area contributed by atoms with Crippen LogP contribution < -0.4 is 10.1 Å². The van der Waals surface area contributed by atoms with Gasteiger partial charge < -0.3 is 10.1 Å². The standard InChI is InChI=1S/C19H20ClNO3S/c1-3-4-5-19(23)21-10-11-24-16-7-6-14(12-15(16)20)18-9-8-17(25-18)13(2)22/h4-9,12H,3,10-11H2,1-2H3,(H,21,23). The van der Waals surface area contributed by atoms with E-state index >= 15 is 0 Å². The van der Waals surface area contributed by atoms with Gasteiger partial charge in [0.2, 0.25) is 5.91 Å². The van der Waals surface area contributed by atoms with E-state index in [1.165, 1.54) is 17.4 Å². The number of allylic oxidation sites excluding steroid dienone is 1. The van der Waals surface area contributed by atoms with Gasteiger partial charge in [-0.25, -0.2) is 0 Å². The third kappa shape index (κ3) is 5.73. The van der Waals surface area contributed by atoms with Crippen LogP contribution in [0.15, 0.2) is 42.5 Å². The number of halogens is 1. The van der Waals surface area contributed by atoms with E-state index in [0.29, 0.717) is 23.9 Å². The summed E-state index contributed by atoms with van der Waals surface area (Å²) in [7, 11) is 0. The maximum absolute atomic E-state index is 11.4. The van der Waals surface area contributed by atoms with Gasteiger partial charge in [0.25, 0.3) is 0 Å². The first-order chi connectivity index (χ1) is 12.0. The minimum atomic E-state index is -0.133. The van der Waals surface area contributed by atoms with Gasteiger partial charge in [0, 0.05) is 4.88 Å². The number of hydrogen-bond donors (Lipinski definition) is 1. The first-order valence-corrected chi connectivity index (χ1v) is 9.18. The number of amides is 1. The Hall–Kier alpha value is -2.11. The lowest BCUT2D eigenvalue weighted by Crippen LogP contribution is -2.26. The molecule has 25 heavy (non-hydrogen) atoms. The highest BCUT2D eigenvalue weighted by Gasteiger charge is 2.09. The van der Waals surface area contributed by atoms with Gasteiger partial charge in [-0.1, -0.05) is 24.6 Å². The fourth-order valence-electron chi connectivity index (χ4n) is 2.07. The van der Waals surface area contributed by atoms with E-state index in [4.69, 9.17) is 16.3 Å². The molecule has 0 aliphatic rings. The molecule has 6 heteroatoms. The molecule has 132 valence electrons. The van der Waals surface area contributed by atoms with Crippen LogP contribution in [-0.2, 0) is 4.79 Å². The molecule has 1 heterocycles. The molecule has 1 aromatic carbocycles. The summed E-state index contributed by atoms with van der Waals surface area (Å²) in [5, 5.41) is 3.23. The lowest BCUT2D eigenvalue weighted by molar-refractivity contribution is -0.116. The summed E-state index contributed by atoms with van der Waals surface area (Å²) >= 11 is 7.71. The Balaban J connectivity index is 1.92. The fourth-order valence-corrected chi connectivity index (χ4v) is 3.21. The Morgan fingerprint density at radius 2 is 2.08 bits per heavy atom. The van der Waals surface area contributed by atoms with Gasteiger partial charge in [0.1, 0.15) is 12.4 Å². The van der Waals surface area contributed by atoms with Gasteiger partial charge in [-0.3, -0.25) is 9.59 Å². The van der Waals surface area contributed by atoms with Crippen LogP contribution in [0.1, 0.15) is 29.9 Å². The predicted octanol–water partition coefficient (Wildman–Crippen LogP) is 4.73. The Morgan fingerprint density at radius 3 is 2.72 bits per heavy atom. The molecular formula is C19H20ClNO3S. The quantitative estimate of drug-likeness (QED) is 0.411. The fraction of sp³-hybridized carbons (Fsp3) is 0.263. The van der Waals surface area contributed by atoms with Crippen molar-refractivity contribution in [1.29, 1.82) is 0 Å². The molecule has 0 radical (unpaired) electrons. The molecule has 1 amide bonds. The first kappa shape index (κ1) is 19.2. The van der Waals surface area contributed by atoms with Crippen molar-refractivity contribution in [3.8, 4) is 16.2 Å². The van der Waals surface area contributed by atoms with Crippen molar-refractivity contribution in [2.75, 3.05) is 13.2 Å². The number of benzene rings is 1. The Labute approximate surface area is 156 Å². The normalized spacial score (nSPS) is 10.8. The summed E-state index contributed by atoms with van der Waals surface area (Å²) in [4.78, 5) is 24.5. The zero-order chi connectivity index (χ0) is 18.2. The van der Waals surface area contributed by atoms with Crippen LogP contribution in [0, 0.1) is 0 Å². The van der Waals surface area contributed by atoms with Crippen LogP contribution in [0.3, 0.4) is 0 Å². The van der Waals surface area contributed by atoms with E-state index in [2.05, 4.69) is 5.32 Å². The Morgan fingerprint density at radius 1 is 1.28 bits per heavy atom. The van der Waals surface area contributed by atoms with Crippen molar-refractivity contribution < 1.29 is 14.3 Å². The number of Topliss-reactive ketones (excluding diaryl/α,β-unsaturated/α-hetero) is 1. The summed E-state index contributed by atoms with van der Waals surface area (Å²) in [6.07, 6.45) is 4.13. The summed E-state index contributed by atoms with van der Waals surface area (Å²) in [5.41, 5.74) is 0.938. The van der Waals surface area contributed by atoms with Crippen molar-refractivity contribution in [3.63, 3.8) is 0 Å². The number of ketones is 1. The monoisotopic (exact) mass is 377 g/mol. The topological polar surface area (TPSA) is 55.4 Å². The highest BCUT2D eigenvalue weighted by atomic mass is 35.5. The molecular weight excluding hydrogens is 358 g/mol. The number of rotatable bonds is 8. The molecule has 0 fully saturated rings. The predicted molar refractivity (Wildman–Crippen MR) is 103 cm³/mol. The second-order valence-electron chi connectivity index (χ2n) is 5.32. The van der Waals surface area contributed by atoms with Crippen LogP contribution in [0.5, 0.6) is 5.75 Å². The minimum Gasteiger partial charge on any atom is -0.490 e. The highest BCUT2D eigenvalue weighted by molar-refractivity contribution is 7.17. The summed E-state index contributed by atoms with van der Waals surface area (Å²) < 4.78 is 5.60. The largest absolute Gasteiger partial charge is 0.490 e. The molecule has 0 atom stereocenters. The van der Waals surface area contributed by atoms with Crippen LogP contribution in [0.25, 0.3) is 10.4 Å². The molecule has 0 unspecified atom stereocenters. The van der Waals surface area contributed by atoms with E-state index in [0.717, 1.165) is 21.7 Å². The van der Waals surface area contributed by atoms with E-state index in [1.54, 1.807) is 19.1 Å². The minimum absolute atomic E-state index is 0.0538. The average Bonchev–Trinajstić information content (AvgIpc) is 3.08. The number of hydrogen-bond acceptors (Lipinski definition) is 4. The number of ether oxygens (including phenoxy) is 1. The smallest absolute Gasteiger partial charge is 0.243 e. The third-order valence-corrected chi connectivity index (χ3v) is 4.86.